The standard InChI is InChI=1S/C24H23F2N/c1-6-20-22(23(15(2)3)24(4,5)27-20)21(16-7-11-18(25)12-8-16)17-9-13-19(26)14-10-17/h6-14H,1H2,2-5H3. The van der Waals surface area contributed by atoms with Gasteiger partial charge in [0, 0.05) is 5.57 Å². The van der Waals surface area contributed by atoms with Gasteiger partial charge in [-0.25, -0.2) is 8.78 Å². The van der Waals surface area contributed by atoms with E-state index in [1.165, 1.54) is 24.3 Å². The molecule has 1 nitrogen and oxygen atoms in total. The molecule has 138 valence electrons. The molecule has 0 fully saturated rings. The van der Waals surface area contributed by atoms with Crippen molar-refractivity contribution in [1.29, 1.82) is 0 Å². The molecule has 0 amide bonds. The summed E-state index contributed by atoms with van der Waals surface area (Å²) in [6.45, 7) is 12.2. The second kappa shape index (κ2) is 7.07. The second-order valence-corrected chi connectivity index (χ2v) is 7.40. The van der Waals surface area contributed by atoms with E-state index < -0.39 is 5.54 Å². The van der Waals surface area contributed by atoms with Crippen molar-refractivity contribution in [1.82, 2.24) is 0 Å². The van der Waals surface area contributed by atoms with E-state index in [0.717, 1.165) is 39.1 Å². The molecule has 0 N–H and O–H groups in total. The summed E-state index contributed by atoms with van der Waals surface area (Å²) >= 11 is 0. The van der Waals surface area contributed by atoms with Crippen LogP contribution in [0.25, 0.3) is 5.57 Å². The van der Waals surface area contributed by atoms with Gasteiger partial charge in [-0.3, -0.25) is 4.99 Å². The molecule has 0 atom stereocenters. The van der Waals surface area contributed by atoms with E-state index >= 15 is 0 Å². The van der Waals surface area contributed by atoms with Gasteiger partial charge in [-0.05, 0) is 80.3 Å². The summed E-state index contributed by atoms with van der Waals surface area (Å²) in [7, 11) is 0. The Morgan fingerprint density at radius 3 is 1.70 bits per heavy atom. The van der Waals surface area contributed by atoms with Crippen LogP contribution in [0.1, 0.15) is 38.8 Å². The average Bonchev–Trinajstić information content (AvgIpc) is 2.89. The highest BCUT2D eigenvalue weighted by atomic mass is 19.1. The first-order valence-corrected chi connectivity index (χ1v) is 8.91. The Balaban J connectivity index is 2.42. The van der Waals surface area contributed by atoms with Crippen LogP contribution in [-0.4, -0.2) is 11.3 Å². The Bertz CT molecular complexity index is 921. The molecule has 2 aromatic carbocycles. The fourth-order valence-electron chi connectivity index (χ4n) is 3.80. The van der Waals surface area contributed by atoms with E-state index in [1.807, 2.05) is 0 Å². The number of allylic oxidation sites excluding steroid dienone is 2. The van der Waals surface area contributed by atoms with Crippen LogP contribution in [-0.2, 0) is 0 Å². The van der Waals surface area contributed by atoms with Crippen molar-refractivity contribution in [2.24, 2.45) is 4.99 Å². The molecule has 0 saturated heterocycles. The Morgan fingerprint density at radius 1 is 0.889 bits per heavy atom. The first kappa shape index (κ1) is 19.0. The highest BCUT2D eigenvalue weighted by molar-refractivity contribution is 6.20. The van der Waals surface area contributed by atoms with Gasteiger partial charge in [0.1, 0.15) is 11.6 Å². The number of nitrogens with zero attached hydrogens (tertiary/aromatic N) is 1. The number of halogens is 2. The maximum Gasteiger partial charge on any atom is 0.123 e. The van der Waals surface area contributed by atoms with E-state index in [-0.39, 0.29) is 11.6 Å². The van der Waals surface area contributed by atoms with Crippen molar-refractivity contribution in [3.05, 3.63) is 101 Å². The lowest BCUT2D eigenvalue weighted by molar-refractivity contribution is 0.627. The molecule has 2 aromatic rings. The molecule has 0 aliphatic carbocycles. The number of hydrogen-bond acceptors (Lipinski definition) is 1. The average molecular weight is 363 g/mol. The predicted molar refractivity (Wildman–Crippen MR) is 109 cm³/mol. The fraction of sp³-hybridized carbons (Fsp3) is 0.208. The molecule has 3 rings (SSSR count). The van der Waals surface area contributed by atoms with Crippen molar-refractivity contribution >= 4 is 11.3 Å². The molecule has 0 radical (unpaired) electrons. The zero-order chi connectivity index (χ0) is 19.8. The minimum Gasteiger partial charge on any atom is -0.274 e. The molecule has 3 heteroatoms. The molecule has 27 heavy (non-hydrogen) atoms. The molecule has 0 unspecified atom stereocenters. The molecule has 1 heterocycles. The molecule has 1 aliphatic heterocycles. The topological polar surface area (TPSA) is 12.4 Å². The quantitative estimate of drug-likeness (QED) is 0.588. The van der Waals surface area contributed by atoms with Gasteiger partial charge in [-0.2, -0.15) is 0 Å². The molecular weight excluding hydrogens is 340 g/mol. The van der Waals surface area contributed by atoms with Crippen LogP contribution in [0.2, 0.25) is 0 Å². The van der Waals surface area contributed by atoms with E-state index in [4.69, 9.17) is 4.99 Å². The largest absolute Gasteiger partial charge is 0.274 e. The highest BCUT2D eigenvalue weighted by Gasteiger charge is 2.36. The normalized spacial score (nSPS) is 15.6. The van der Waals surface area contributed by atoms with Crippen molar-refractivity contribution < 1.29 is 8.78 Å². The first-order chi connectivity index (χ1) is 12.7. The molecule has 0 bridgehead atoms. The molecule has 1 aliphatic rings. The lowest BCUT2D eigenvalue weighted by atomic mass is 9.81. The highest BCUT2D eigenvalue weighted by Crippen LogP contribution is 2.43. The minimum absolute atomic E-state index is 0.297. The summed E-state index contributed by atoms with van der Waals surface area (Å²) in [6.07, 6.45) is 1.75. The van der Waals surface area contributed by atoms with Crippen LogP contribution in [0.4, 0.5) is 8.78 Å². The number of hydrogen-bond donors (Lipinski definition) is 0. The maximum absolute atomic E-state index is 13.5. The summed E-state index contributed by atoms with van der Waals surface area (Å²) in [4.78, 5) is 4.86. The van der Waals surface area contributed by atoms with Gasteiger partial charge in [0.2, 0.25) is 0 Å². The third-order valence-electron chi connectivity index (χ3n) is 4.73. The van der Waals surface area contributed by atoms with Crippen LogP contribution in [0.15, 0.2) is 82.9 Å². The number of benzene rings is 2. The van der Waals surface area contributed by atoms with Crippen molar-refractivity contribution in [2.45, 2.75) is 33.2 Å². The van der Waals surface area contributed by atoms with Crippen LogP contribution in [0, 0.1) is 11.6 Å². The Hall–Kier alpha value is -2.81. The van der Waals surface area contributed by atoms with Crippen molar-refractivity contribution in [3.8, 4) is 0 Å². The van der Waals surface area contributed by atoms with Crippen LogP contribution < -0.4 is 0 Å². The molecular formula is C24H23F2N. The third kappa shape index (κ3) is 3.55. The van der Waals surface area contributed by atoms with Crippen molar-refractivity contribution in [2.75, 3.05) is 0 Å². The molecule has 0 aromatic heterocycles. The van der Waals surface area contributed by atoms with E-state index in [1.54, 1.807) is 30.3 Å². The van der Waals surface area contributed by atoms with Crippen molar-refractivity contribution in [3.63, 3.8) is 0 Å². The van der Waals surface area contributed by atoms with Gasteiger partial charge in [0.15, 0.2) is 0 Å². The zero-order valence-corrected chi connectivity index (χ0v) is 16.1. The zero-order valence-electron chi connectivity index (χ0n) is 16.1. The van der Waals surface area contributed by atoms with Gasteiger partial charge in [0.05, 0.1) is 11.3 Å². The maximum atomic E-state index is 13.5. The summed E-state index contributed by atoms with van der Waals surface area (Å²) in [6, 6.07) is 12.7. The van der Waals surface area contributed by atoms with Gasteiger partial charge in [0.25, 0.3) is 0 Å². The number of rotatable bonds is 3. The smallest absolute Gasteiger partial charge is 0.123 e. The Labute approximate surface area is 159 Å². The summed E-state index contributed by atoms with van der Waals surface area (Å²) in [5.74, 6) is -0.594. The minimum atomic E-state index is -0.400. The summed E-state index contributed by atoms with van der Waals surface area (Å²) < 4.78 is 27.1. The SMILES string of the molecule is C=CC1=NC(C)(C)C(=C(C)C)C1=C(c1ccc(F)cc1)c1ccc(F)cc1. The van der Waals surface area contributed by atoms with Gasteiger partial charge < -0.3 is 0 Å². The fourth-order valence-corrected chi connectivity index (χ4v) is 3.80. The predicted octanol–water partition coefficient (Wildman–Crippen LogP) is 6.52. The first-order valence-electron chi connectivity index (χ1n) is 8.91. The lowest BCUT2D eigenvalue weighted by Crippen LogP contribution is -2.18. The molecule has 0 saturated carbocycles. The summed E-state index contributed by atoms with van der Waals surface area (Å²) in [5, 5.41) is 0. The van der Waals surface area contributed by atoms with E-state index in [9.17, 15) is 8.78 Å². The Kier molecular flexibility index (Phi) is 4.97. The third-order valence-corrected chi connectivity index (χ3v) is 4.73. The van der Waals surface area contributed by atoms with Crippen LogP contribution in [0.3, 0.4) is 0 Å². The summed E-state index contributed by atoms with van der Waals surface area (Å²) in [5.41, 5.74) is 6.22. The van der Waals surface area contributed by atoms with E-state index in [2.05, 4.69) is 34.3 Å². The Morgan fingerprint density at radius 2 is 1.33 bits per heavy atom. The van der Waals surface area contributed by atoms with Gasteiger partial charge in [-0.15, -0.1) is 0 Å². The van der Waals surface area contributed by atoms with Gasteiger partial charge >= 0.3 is 0 Å². The molecule has 0 spiro atoms. The van der Waals surface area contributed by atoms with Gasteiger partial charge in [-0.1, -0.05) is 36.4 Å². The lowest BCUT2D eigenvalue weighted by Gasteiger charge is -2.22. The second-order valence-electron chi connectivity index (χ2n) is 7.40. The monoisotopic (exact) mass is 363 g/mol. The van der Waals surface area contributed by atoms with Crippen LogP contribution >= 0.6 is 0 Å². The van der Waals surface area contributed by atoms with E-state index in [0.29, 0.717) is 0 Å². The van der Waals surface area contributed by atoms with Crippen LogP contribution in [0.5, 0.6) is 0 Å². The number of aliphatic imine (C=N–C) groups is 1.